The minimum atomic E-state index is -0.446. The molecule has 1 heterocycles. The van der Waals surface area contributed by atoms with E-state index in [0.29, 0.717) is 11.4 Å². The van der Waals surface area contributed by atoms with Crippen molar-refractivity contribution in [1.29, 1.82) is 5.26 Å². The monoisotopic (exact) mass is 334 g/mol. The number of methoxy groups -OCH3 is 1. The van der Waals surface area contributed by atoms with E-state index in [2.05, 4.69) is 5.32 Å². The van der Waals surface area contributed by atoms with Crippen molar-refractivity contribution in [2.24, 2.45) is 0 Å². The molecule has 0 saturated carbocycles. The van der Waals surface area contributed by atoms with Crippen LogP contribution in [-0.2, 0) is 11.2 Å². The Morgan fingerprint density at radius 2 is 2.08 bits per heavy atom. The largest absolute Gasteiger partial charge is 0.497 e. The smallest absolute Gasteiger partial charge is 0.266 e. The molecule has 0 aromatic heterocycles. The van der Waals surface area contributed by atoms with Crippen LogP contribution in [0.3, 0.4) is 0 Å². The Morgan fingerprint density at radius 1 is 1.32 bits per heavy atom. The van der Waals surface area contributed by atoms with E-state index in [1.807, 2.05) is 31.2 Å². The number of rotatable bonds is 4. The van der Waals surface area contributed by atoms with Gasteiger partial charge >= 0.3 is 0 Å². The molecule has 0 radical (unpaired) electrons. The highest BCUT2D eigenvalue weighted by molar-refractivity contribution is 6.09. The number of ether oxygens (including phenoxy) is 2. The van der Waals surface area contributed by atoms with Crippen molar-refractivity contribution in [1.82, 2.24) is 0 Å². The van der Waals surface area contributed by atoms with Crippen molar-refractivity contribution in [2.75, 3.05) is 12.4 Å². The lowest BCUT2D eigenvalue weighted by Crippen LogP contribution is -2.13. The van der Waals surface area contributed by atoms with Gasteiger partial charge < -0.3 is 14.8 Å². The fourth-order valence-electron chi connectivity index (χ4n) is 2.72. The minimum Gasteiger partial charge on any atom is -0.497 e. The zero-order chi connectivity index (χ0) is 17.8. The topological polar surface area (TPSA) is 71.3 Å². The first-order valence-electron chi connectivity index (χ1n) is 7.96. The number of carbonyl (C=O) groups excluding carboxylic acids is 1. The van der Waals surface area contributed by atoms with Gasteiger partial charge in [0.25, 0.3) is 5.91 Å². The highest BCUT2D eigenvalue weighted by Gasteiger charge is 2.19. The van der Waals surface area contributed by atoms with E-state index in [-0.39, 0.29) is 11.7 Å². The molecule has 3 rings (SSSR count). The molecule has 1 N–H and O–H groups in total. The number of nitrogens with zero attached hydrogens (tertiary/aromatic N) is 1. The third-order valence-corrected chi connectivity index (χ3v) is 3.94. The molecule has 0 bridgehead atoms. The molecular weight excluding hydrogens is 316 g/mol. The van der Waals surface area contributed by atoms with Gasteiger partial charge in [0.05, 0.1) is 7.11 Å². The number of hydrogen-bond acceptors (Lipinski definition) is 4. The first kappa shape index (κ1) is 16.6. The standard InChI is InChI=1S/C20H18N2O3/c1-13-9-15-10-14(3-8-19(15)25-13)11-16(12-21)20(23)22-17-4-6-18(24-2)7-5-17/h3-8,10-11,13H,9H2,1-2H3,(H,22,23)/b16-11-/t13-/m0/s1. The molecule has 1 amide bonds. The van der Waals surface area contributed by atoms with Crippen molar-refractivity contribution in [2.45, 2.75) is 19.4 Å². The van der Waals surface area contributed by atoms with Gasteiger partial charge in [0.15, 0.2) is 0 Å². The molecule has 5 nitrogen and oxygen atoms in total. The average molecular weight is 334 g/mol. The molecule has 25 heavy (non-hydrogen) atoms. The molecule has 2 aromatic carbocycles. The number of amides is 1. The summed E-state index contributed by atoms with van der Waals surface area (Å²) in [4.78, 5) is 12.3. The summed E-state index contributed by atoms with van der Waals surface area (Å²) < 4.78 is 10.7. The lowest BCUT2D eigenvalue weighted by molar-refractivity contribution is -0.112. The first-order chi connectivity index (χ1) is 12.1. The Hall–Kier alpha value is -3.26. The molecule has 0 unspecified atom stereocenters. The molecule has 5 heteroatoms. The van der Waals surface area contributed by atoms with Gasteiger partial charge in [-0.15, -0.1) is 0 Å². The third kappa shape index (κ3) is 3.81. The zero-order valence-electron chi connectivity index (χ0n) is 14.1. The molecule has 0 aliphatic carbocycles. The maximum absolute atomic E-state index is 12.3. The van der Waals surface area contributed by atoms with Gasteiger partial charge in [0, 0.05) is 12.1 Å². The minimum absolute atomic E-state index is 0.0442. The van der Waals surface area contributed by atoms with Crippen LogP contribution < -0.4 is 14.8 Å². The number of benzene rings is 2. The van der Waals surface area contributed by atoms with E-state index in [9.17, 15) is 10.1 Å². The van der Waals surface area contributed by atoms with Crippen molar-refractivity contribution in [3.8, 4) is 17.6 Å². The number of hydrogen-bond donors (Lipinski definition) is 1. The van der Waals surface area contributed by atoms with Crippen LogP contribution in [0.25, 0.3) is 6.08 Å². The normalized spacial score (nSPS) is 15.7. The second kappa shape index (κ2) is 7.10. The summed E-state index contributed by atoms with van der Waals surface area (Å²) in [6.45, 7) is 2.01. The van der Waals surface area contributed by atoms with Crippen LogP contribution in [0.2, 0.25) is 0 Å². The van der Waals surface area contributed by atoms with E-state index in [4.69, 9.17) is 9.47 Å². The molecule has 126 valence electrons. The van der Waals surface area contributed by atoms with Crippen molar-refractivity contribution in [3.05, 3.63) is 59.2 Å². The number of fused-ring (bicyclic) bond motifs is 1. The van der Waals surface area contributed by atoms with Crippen molar-refractivity contribution in [3.63, 3.8) is 0 Å². The fourth-order valence-corrected chi connectivity index (χ4v) is 2.72. The van der Waals surface area contributed by atoms with Gasteiger partial charge in [0.2, 0.25) is 0 Å². The maximum atomic E-state index is 12.3. The van der Waals surface area contributed by atoms with Crippen molar-refractivity contribution >= 4 is 17.7 Å². The van der Waals surface area contributed by atoms with Gasteiger partial charge in [-0.2, -0.15) is 5.26 Å². The SMILES string of the molecule is COc1ccc(NC(=O)/C(C#N)=C\c2ccc3c(c2)C[C@H](C)O3)cc1. The average Bonchev–Trinajstić information content (AvgIpc) is 2.99. The summed E-state index contributed by atoms with van der Waals surface area (Å²) in [5.74, 6) is 1.12. The second-order valence-corrected chi connectivity index (χ2v) is 5.85. The van der Waals surface area contributed by atoms with Crippen LogP contribution in [0.15, 0.2) is 48.0 Å². The van der Waals surface area contributed by atoms with Gasteiger partial charge in [-0.1, -0.05) is 6.07 Å². The lowest BCUT2D eigenvalue weighted by Gasteiger charge is -2.06. The number of carbonyl (C=O) groups is 1. The lowest BCUT2D eigenvalue weighted by atomic mass is 10.0. The highest BCUT2D eigenvalue weighted by atomic mass is 16.5. The molecule has 1 aliphatic rings. The quantitative estimate of drug-likeness (QED) is 0.685. The fraction of sp³-hybridized carbons (Fsp3) is 0.200. The molecule has 2 aromatic rings. The van der Waals surface area contributed by atoms with Crippen LogP contribution in [0.4, 0.5) is 5.69 Å². The van der Waals surface area contributed by atoms with Crippen molar-refractivity contribution < 1.29 is 14.3 Å². The Kier molecular flexibility index (Phi) is 4.71. The predicted molar refractivity (Wildman–Crippen MR) is 95.4 cm³/mol. The Balaban J connectivity index is 1.77. The Bertz CT molecular complexity index is 864. The Labute approximate surface area is 146 Å². The van der Waals surface area contributed by atoms with E-state index in [1.54, 1.807) is 37.5 Å². The predicted octanol–water partition coefficient (Wildman–Crippen LogP) is 3.56. The van der Waals surface area contributed by atoms with Gasteiger partial charge in [0.1, 0.15) is 29.2 Å². The van der Waals surface area contributed by atoms with Gasteiger partial charge in [-0.3, -0.25) is 4.79 Å². The van der Waals surface area contributed by atoms with Crippen LogP contribution in [-0.4, -0.2) is 19.1 Å². The van der Waals surface area contributed by atoms with E-state index in [0.717, 1.165) is 23.3 Å². The van der Waals surface area contributed by atoms with Crippen LogP contribution in [0, 0.1) is 11.3 Å². The molecule has 1 atom stereocenters. The van der Waals surface area contributed by atoms with Crippen LogP contribution in [0.1, 0.15) is 18.1 Å². The summed E-state index contributed by atoms with van der Waals surface area (Å²) in [7, 11) is 1.58. The van der Waals surface area contributed by atoms with Crippen LogP contribution in [0.5, 0.6) is 11.5 Å². The van der Waals surface area contributed by atoms with Crippen LogP contribution >= 0.6 is 0 Å². The summed E-state index contributed by atoms with van der Waals surface area (Å²) in [5, 5.41) is 12.0. The van der Waals surface area contributed by atoms with E-state index < -0.39 is 5.91 Å². The molecular formula is C20H18N2O3. The Morgan fingerprint density at radius 3 is 2.76 bits per heavy atom. The summed E-state index contributed by atoms with van der Waals surface area (Å²) >= 11 is 0. The van der Waals surface area contributed by atoms with Gasteiger partial charge in [-0.05, 0) is 60.5 Å². The number of anilines is 1. The maximum Gasteiger partial charge on any atom is 0.266 e. The first-order valence-corrected chi connectivity index (χ1v) is 7.96. The second-order valence-electron chi connectivity index (χ2n) is 5.85. The molecule has 0 spiro atoms. The van der Waals surface area contributed by atoms with E-state index in [1.165, 1.54) is 0 Å². The third-order valence-electron chi connectivity index (χ3n) is 3.94. The highest BCUT2D eigenvalue weighted by Crippen LogP contribution is 2.30. The number of nitrogens with one attached hydrogen (secondary N) is 1. The summed E-state index contributed by atoms with van der Waals surface area (Å²) in [6, 6.07) is 14.6. The number of nitriles is 1. The molecule has 0 fully saturated rings. The van der Waals surface area contributed by atoms with E-state index >= 15 is 0 Å². The zero-order valence-corrected chi connectivity index (χ0v) is 14.1. The summed E-state index contributed by atoms with van der Waals surface area (Å²) in [5.41, 5.74) is 2.54. The molecule has 1 aliphatic heterocycles. The summed E-state index contributed by atoms with van der Waals surface area (Å²) in [6.07, 6.45) is 2.57. The van der Waals surface area contributed by atoms with Gasteiger partial charge in [-0.25, -0.2) is 0 Å². The molecule has 0 saturated heterocycles.